The minimum absolute atomic E-state index is 0.155. The number of para-hydroxylation sites is 2. The fourth-order valence-corrected chi connectivity index (χ4v) is 2.71. The van der Waals surface area contributed by atoms with Crippen LogP contribution in [0.25, 0.3) is 0 Å². The number of carboxylic acids is 1. The van der Waals surface area contributed by atoms with Crippen LogP contribution in [0.1, 0.15) is 0 Å². The van der Waals surface area contributed by atoms with Crippen LogP contribution in [0.3, 0.4) is 0 Å². The fraction of sp³-hybridized carbons (Fsp3) is 0.500. The monoisotopic (exact) mass is 338 g/mol. The maximum atomic E-state index is 12.3. The van der Waals surface area contributed by atoms with Crippen LogP contribution in [0.4, 0.5) is 0 Å². The van der Waals surface area contributed by atoms with E-state index in [0.29, 0.717) is 11.5 Å². The number of benzene rings is 1. The number of carbonyl (C=O) groups excluding carboxylic acids is 1. The smallest absolute Gasteiger partial charge is 0.317 e. The van der Waals surface area contributed by atoms with Gasteiger partial charge in [0.25, 0.3) is 5.91 Å². The zero-order chi connectivity index (χ0) is 17.7. The molecule has 0 saturated carbocycles. The molecule has 1 aromatic rings. The number of carboxylic acid groups (broad SMARTS) is 1. The van der Waals surface area contributed by atoms with Crippen LogP contribution in [0.15, 0.2) is 24.3 Å². The second-order valence-corrected chi connectivity index (χ2v) is 5.68. The van der Waals surface area contributed by atoms with E-state index in [4.69, 9.17) is 14.6 Å². The third-order valence-electron chi connectivity index (χ3n) is 3.98. The molecule has 0 aliphatic carbocycles. The lowest BCUT2D eigenvalue weighted by Crippen LogP contribution is -2.43. The lowest BCUT2D eigenvalue weighted by molar-refractivity contribution is -0.138. The molecular weight excluding hydrogens is 316 g/mol. The molecule has 132 valence electrons. The summed E-state index contributed by atoms with van der Waals surface area (Å²) in [6.07, 6.45) is -0.787. The molecule has 0 radical (unpaired) electrons. The Kier molecular flexibility index (Phi) is 5.99. The Morgan fingerprint density at radius 1 is 1.29 bits per heavy atom. The van der Waals surface area contributed by atoms with Gasteiger partial charge in [-0.3, -0.25) is 14.5 Å². The second-order valence-electron chi connectivity index (χ2n) is 5.68. The lowest BCUT2D eigenvalue weighted by atomic mass is 10.2. The van der Waals surface area contributed by atoms with Gasteiger partial charge in [0.2, 0.25) is 0 Å². The quantitative estimate of drug-likeness (QED) is 0.702. The van der Waals surface area contributed by atoms with Crippen LogP contribution in [0.2, 0.25) is 0 Å². The summed E-state index contributed by atoms with van der Waals surface area (Å²) < 4.78 is 10.6. The summed E-state index contributed by atoms with van der Waals surface area (Å²) in [4.78, 5) is 26.0. The van der Waals surface area contributed by atoms with Crippen molar-refractivity contribution < 1.29 is 29.3 Å². The van der Waals surface area contributed by atoms with Gasteiger partial charge in [-0.2, -0.15) is 0 Å². The molecule has 1 heterocycles. The molecule has 8 nitrogen and oxygen atoms in total. The number of aliphatic hydroxyl groups excluding tert-OH is 1. The van der Waals surface area contributed by atoms with Gasteiger partial charge in [-0.05, 0) is 19.2 Å². The van der Waals surface area contributed by atoms with E-state index < -0.39 is 18.1 Å². The number of ether oxygens (including phenoxy) is 2. The second kappa shape index (κ2) is 7.98. The summed E-state index contributed by atoms with van der Waals surface area (Å²) in [6, 6.07) is 6.60. The zero-order valence-corrected chi connectivity index (χ0v) is 13.7. The highest BCUT2D eigenvalue weighted by Crippen LogP contribution is 2.26. The van der Waals surface area contributed by atoms with E-state index in [9.17, 15) is 14.7 Å². The summed E-state index contributed by atoms with van der Waals surface area (Å²) >= 11 is 0. The van der Waals surface area contributed by atoms with Crippen molar-refractivity contribution in [1.29, 1.82) is 0 Å². The molecule has 1 aliphatic heterocycles. The first-order chi connectivity index (χ1) is 11.4. The number of nitrogens with zero attached hydrogens (tertiary/aromatic N) is 2. The van der Waals surface area contributed by atoms with Crippen LogP contribution < -0.4 is 9.47 Å². The molecule has 1 fully saturated rings. The Labute approximate surface area is 140 Å². The van der Waals surface area contributed by atoms with E-state index in [1.165, 1.54) is 16.9 Å². The minimum Gasteiger partial charge on any atom is -0.493 e. The number of methoxy groups -OCH3 is 1. The molecule has 0 unspecified atom stereocenters. The van der Waals surface area contributed by atoms with Gasteiger partial charge < -0.3 is 24.6 Å². The molecule has 1 amide bonds. The molecule has 0 aromatic heterocycles. The standard InChI is InChI=1S/C16H22N2O6/c1-17(9-16(21)22)11-7-18(8-12(11)19)15(20)10-24-14-6-4-3-5-13(14)23-2/h3-6,11-12,19H,7-10H2,1-2H3,(H,21,22)/t11-,12+/m0/s1. The van der Waals surface area contributed by atoms with E-state index in [-0.39, 0.29) is 32.1 Å². The van der Waals surface area contributed by atoms with Crippen molar-refractivity contribution in [2.24, 2.45) is 0 Å². The SMILES string of the molecule is COc1ccccc1OCC(=O)N1C[C@@H](O)[C@@H](N(C)CC(=O)O)C1. The molecule has 0 spiro atoms. The number of carbonyl (C=O) groups is 2. The Bertz CT molecular complexity index is 594. The predicted octanol–water partition coefficient (Wildman–Crippen LogP) is -0.338. The normalized spacial score (nSPS) is 20.2. The van der Waals surface area contributed by atoms with Gasteiger partial charge in [0.15, 0.2) is 18.1 Å². The number of aliphatic hydroxyl groups is 1. The van der Waals surface area contributed by atoms with E-state index >= 15 is 0 Å². The van der Waals surface area contributed by atoms with Crippen LogP contribution in [-0.2, 0) is 9.59 Å². The van der Waals surface area contributed by atoms with Crippen molar-refractivity contribution in [3.63, 3.8) is 0 Å². The first-order valence-electron chi connectivity index (χ1n) is 7.56. The fourth-order valence-electron chi connectivity index (χ4n) is 2.71. The number of hydrogen-bond donors (Lipinski definition) is 2. The Balaban J connectivity index is 1.90. The molecule has 2 rings (SSSR count). The van der Waals surface area contributed by atoms with Crippen molar-refractivity contribution in [3.8, 4) is 11.5 Å². The highest BCUT2D eigenvalue weighted by molar-refractivity contribution is 5.78. The van der Waals surface area contributed by atoms with Crippen molar-refractivity contribution in [3.05, 3.63) is 24.3 Å². The first-order valence-corrected chi connectivity index (χ1v) is 7.56. The van der Waals surface area contributed by atoms with Gasteiger partial charge in [0.05, 0.1) is 25.8 Å². The van der Waals surface area contributed by atoms with Crippen LogP contribution in [0, 0.1) is 0 Å². The number of amides is 1. The number of likely N-dealkylation sites (N-methyl/N-ethyl adjacent to an activating group) is 1. The first kappa shape index (κ1) is 18.0. The molecule has 24 heavy (non-hydrogen) atoms. The predicted molar refractivity (Wildman–Crippen MR) is 85.1 cm³/mol. The average molecular weight is 338 g/mol. The molecule has 2 N–H and O–H groups in total. The zero-order valence-electron chi connectivity index (χ0n) is 13.7. The van der Waals surface area contributed by atoms with Gasteiger partial charge in [-0.25, -0.2) is 0 Å². The highest BCUT2D eigenvalue weighted by atomic mass is 16.5. The third-order valence-corrected chi connectivity index (χ3v) is 3.98. The summed E-state index contributed by atoms with van der Waals surface area (Å²) in [6.45, 7) is 0.0474. The summed E-state index contributed by atoms with van der Waals surface area (Å²) in [7, 11) is 3.13. The molecule has 1 saturated heterocycles. The summed E-state index contributed by atoms with van der Waals surface area (Å²) in [5.41, 5.74) is 0. The topological polar surface area (TPSA) is 99.5 Å². The summed E-state index contributed by atoms with van der Waals surface area (Å²) in [5.74, 6) is -0.251. The lowest BCUT2D eigenvalue weighted by Gasteiger charge is -2.24. The van der Waals surface area contributed by atoms with Crippen molar-refractivity contribution in [2.75, 3.05) is 40.4 Å². The maximum absolute atomic E-state index is 12.3. The Morgan fingerprint density at radius 3 is 2.58 bits per heavy atom. The third kappa shape index (κ3) is 4.36. The van der Waals surface area contributed by atoms with Crippen LogP contribution >= 0.6 is 0 Å². The Morgan fingerprint density at radius 2 is 1.96 bits per heavy atom. The van der Waals surface area contributed by atoms with Gasteiger partial charge in [0.1, 0.15) is 0 Å². The largest absolute Gasteiger partial charge is 0.493 e. The number of rotatable bonds is 7. The van der Waals surface area contributed by atoms with Crippen LogP contribution in [-0.4, -0.2) is 84.4 Å². The van der Waals surface area contributed by atoms with E-state index in [1.807, 2.05) is 0 Å². The maximum Gasteiger partial charge on any atom is 0.317 e. The van der Waals surface area contributed by atoms with Crippen LogP contribution in [0.5, 0.6) is 11.5 Å². The Hall–Kier alpha value is -2.32. The molecule has 2 atom stereocenters. The molecule has 0 bridgehead atoms. The van der Waals surface area contributed by atoms with Gasteiger partial charge >= 0.3 is 5.97 Å². The highest BCUT2D eigenvalue weighted by Gasteiger charge is 2.37. The average Bonchev–Trinajstić information content (AvgIpc) is 2.94. The minimum atomic E-state index is -0.978. The number of hydrogen-bond acceptors (Lipinski definition) is 6. The molecule has 1 aliphatic rings. The van der Waals surface area contributed by atoms with Gasteiger partial charge in [-0.15, -0.1) is 0 Å². The number of likely N-dealkylation sites (tertiary alicyclic amines) is 1. The molecule has 8 heteroatoms. The van der Waals surface area contributed by atoms with E-state index in [0.717, 1.165) is 0 Å². The molecule has 1 aromatic carbocycles. The van der Waals surface area contributed by atoms with Gasteiger partial charge in [0, 0.05) is 13.1 Å². The van der Waals surface area contributed by atoms with Gasteiger partial charge in [-0.1, -0.05) is 12.1 Å². The summed E-state index contributed by atoms with van der Waals surface area (Å²) in [5, 5.41) is 18.9. The number of β-amino-alcohol motifs (C(OH)–C–C–N with tert-alkyl or cyclic N) is 1. The van der Waals surface area contributed by atoms with Crippen molar-refractivity contribution >= 4 is 11.9 Å². The molecular formula is C16H22N2O6. The number of aliphatic carboxylic acids is 1. The van der Waals surface area contributed by atoms with E-state index in [2.05, 4.69) is 0 Å². The van der Waals surface area contributed by atoms with Crippen molar-refractivity contribution in [1.82, 2.24) is 9.80 Å². The van der Waals surface area contributed by atoms with Crippen molar-refractivity contribution in [2.45, 2.75) is 12.1 Å². The van der Waals surface area contributed by atoms with E-state index in [1.54, 1.807) is 31.3 Å².